The van der Waals surface area contributed by atoms with Gasteiger partial charge in [-0.25, -0.2) is 4.98 Å². The lowest BCUT2D eigenvalue weighted by molar-refractivity contribution is -0.0720. The van der Waals surface area contributed by atoms with Crippen molar-refractivity contribution in [1.82, 2.24) is 14.0 Å². The van der Waals surface area contributed by atoms with Crippen LogP contribution in [-0.2, 0) is 11.8 Å². The van der Waals surface area contributed by atoms with E-state index in [4.69, 9.17) is 14.2 Å². The van der Waals surface area contributed by atoms with Crippen LogP contribution >= 0.6 is 0 Å². The van der Waals surface area contributed by atoms with Crippen LogP contribution in [0.2, 0.25) is 0 Å². The average molecular weight is 369 g/mol. The van der Waals surface area contributed by atoms with Crippen molar-refractivity contribution >= 4 is 5.52 Å². The van der Waals surface area contributed by atoms with Crippen molar-refractivity contribution in [3.63, 3.8) is 0 Å². The molecule has 0 saturated carbocycles. The van der Waals surface area contributed by atoms with Crippen LogP contribution in [-0.4, -0.2) is 33.3 Å². The first-order valence-corrected chi connectivity index (χ1v) is 9.12. The Bertz CT molecular complexity index is 1000. The summed E-state index contributed by atoms with van der Waals surface area (Å²) in [5, 5.41) is 0. The highest BCUT2D eigenvalue weighted by molar-refractivity contribution is 5.46. The minimum absolute atomic E-state index is 0.146. The summed E-state index contributed by atoms with van der Waals surface area (Å²) < 4.78 is 20.3. The van der Waals surface area contributed by atoms with Gasteiger partial charge < -0.3 is 14.2 Å². The zero-order valence-electron chi connectivity index (χ0n) is 15.7. The first-order valence-electron chi connectivity index (χ1n) is 9.12. The largest absolute Gasteiger partial charge is 0.491 e. The molecule has 1 fully saturated rings. The third kappa shape index (κ3) is 3.42. The average Bonchev–Trinajstić information content (AvgIpc) is 3.03. The van der Waals surface area contributed by atoms with E-state index in [0.717, 1.165) is 24.6 Å². The molecule has 27 heavy (non-hydrogen) atoms. The van der Waals surface area contributed by atoms with E-state index in [1.807, 2.05) is 38.1 Å². The molecule has 1 aliphatic rings. The summed E-state index contributed by atoms with van der Waals surface area (Å²) in [6.07, 6.45) is 4.66. The molecule has 0 aliphatic carbocycles. The van der Waals surface area contributed by atoms with E-state index >= 15 is 0 Å². The Morgan fingerprint density at radius 3 is 2.59 bits per heavy atom. The van der Waals surface area contributed by atoms with Crippen molar-refractivity contribution in [3.05, 3.63) is 52.8 Å². The molecule has 0 amide bonds. The Hall–Kier alpha value is -2.80. The summed E-state index contributed by atoms with van der Waals surface area (Å²) in [6.45, 7) is 5.46. The number of rotatable bonds is 6. The summed E-state index contributed by atoms with van der Waals surface area (Å²) >= 11 is 0. The van der Waals surface area contributed by atoms with Gasteiger partial charge in [-0.2, -0.15) is 0 Å². The molecule has 3 heterocycles. The minimum atomic E-state index is -0.146. The van der Waals surface area contributed by atoms with Gasteiger partial charge in [0, 0.05) is 26.0 Å². The van der Waals surface area contributed by atoms with E-state index in [1.54, 1.807) is 23.8 Å². The lowest BCUT2D eigenvalue weighted by Gasteiger charge is -2.26. The summed E-state index contributed by atoms with van der Waals surface area (Å²) in [5.74, 6) is 2.86. The summed E-state index contributed by atoms with van der Waals surface area (Å²) in [6, 6.07) is 7.34. The van der Waals surface area contributed by atoms with Gasteiger partial charge in [-0.3, -0.25) is 13.8 Å². The summed E-state index contributed by atoms with van der Waals surface area (Å²) in [4.78, 5) is 17.0. The smallest absolute Gasteiger partial charge is 0.279 e. The number of hydrogen-bond acceptors (Lipinski definition) is 5. The van der Waals surface area contributed by atoms with Crippen LogP contribution in [0.3, 0.4) is 0 Å². The molecule has 2 aromatic heterocycles. The highest BCUT2D eigenvalue weighted by Crippen LogP contribution is 2.25. The molecule has 1 saturated heterocycles. The Morgan fingerprint density at radius 2 is 1.96 bits per heavy atom. The minimum Gasteiger partial charge on any atom is -0.491 e. The van der Waals surface area contributed by atoms with Crippen LogP contribution in [0.4, 0.5) is 0 Å². The van der Waals surface area contributed by atoms with E-state index in [2.05, 4.69) is 4.98 Å². The number of ether oxygens (including phenoxy) is 3. The SMILES string of the molecule is CC(C)c1ncc2c(=O)n(C)c(Oc3ccc(OC[C@@H]4CCO4)cc3)cn12. The second-order valence-corrected chi connectivity index (χ2v) is 7.02. The van der Waals surface area contributed by atoms with Crippen LogP contribution in [0.25, 0.3) is 5.52 Å². The van der Waals surface area contributed by atoms with Gasteiger partial charge in [0.2, 0.25) is 5.88 Å². The molecule has 3 aromatic rings. The Balaban J connectivity index is 1.56. The van der Waals surface area contributed by atoms with Gasteiger partial charge in [0.1, 0.15) is 29.4 Å². The Kier molecular flexibility index (Phi) is 4.61. The quantitative estimate of drug-likeness (QED) is 0.668. The van der Waals surface area contributed by atoms with Crippen LogP contribution < -0.4 is 15.0 Å². The molecular formula is C20H23N3O4. The van der Waals surface area contributed by atoms with Crippen LogP contribution in [0.15, 0.2) is 41.5 Å². The second kappa shape index (κ2) is 7.08. The fourth-order valence-electron chi connectivity index (χ4n) is 2.99. The van der Waals surface area contributed by atoms with Crippen molar-refractivity contribution in [2.24, 2.45) is 7.05 Å². The molecule has 4 rings (SSSR count). The molecule has 1 aromatic carbocycles. The predicted molar refractivity (Wildman–Crippen MR) is 101 cm³/mol. The molecule has 7 heteroatoms. The first-order chi connectivity index (χ1) is 13.0. The zero-order chi connectivity index (χ0) is 19.0. The predicted octanol–water partition coefficient (Wildman–Crippen LogP) is 3.12. The fraction of sp³-hybridized carbons (Fsp3) is 0.400. The van der Waals surface area contributed by atoms with Crippen LogP contribution in [0, 0.1) is 0 Å². The van der Waals surface area contributed by atoms with Gasteiger partial charge in [-0.15, -0.1) is 0 Å². The lowest BCUT2D eigenvalue weighted by atomic mass is 10.2. The van der Waals surface area contributed by atoms with Gasteiger partial charge >= 0.3 is 0 Å². The Labute approximate surface area is 157 Å². The molecule has 0 spiro atoms. The van der Waals surface area contributed by atoms with E-state index < -0.39 is 0 Å². The Morgan fingerprint density at radius 1 is 1.26 bits per heavy atom. The van der Waals surface area contributed by atoms with Crippen molar-refractivity contribution < 1.29 is 14.2 Å². The standard InChI is InChI=1S/C20H23N3O4/c1-13(2)19-21-10-17-20(24)22(3)18(11-23(17)19)27-15-6-4-14(5-7-15)26-12-16-8-9-25-16/h4-7,10-11,13,16H,8-9,12H2,1-3H3/t16-/m0/s1. The lowest BCUT2D eigenvalue weighted by Crippen LogP contribution is -2.32. The molecule has 1 aliphatic heterocycles. The normalized spacial score (nSPS) is 16.5. The molecule has 0 bridgehead atoms. The van der Waals surface area contributed by atoms with Gasteiger partial charge in [-0.05, 0) is 24.3 Å². The van der Waals surface area contributed by atoms with E-state index in [1.165, 1.54) is 4.57 Å². The number of fused-ring (bicyclic) bond motifs is 1. The maximum atomic E-state index is 12.6. The van der Waals surface area contributed by atoms with E-state index in [9.17, 15) is 4.79 Å². The molecule has 142 valence electrons. The molecule has 0 unspecified atom stereocenters. The highest BCUT2D eigenvalue weighted by Gasteiger charge is 2.18. The van der Waals surface area contributed by atoms with Gasteiger partial charge in [-0.1, -0.05) is 13.8 Å². The third-order valence-electron chi connectivity index (χ3n) is 4.71. The van der Waals surface area contributed by atoms with E-state index in [-0.39, 0.29) is 17.6 Å². The molecule has 7 nitrogen and oxygen atoms in total. The van der Waals surface area contributed by atoms with Gasteiger partial charge in [0.25, 0.3) is 5.56 Å². The summed E-state index contributed by atoms with van der Waals surface area (Å²) in [7, 11) is 1.69. The van der Waals surface area contributed by atoms with Crippen LogP contribution in [0.1, 0.15) is 32.0 Å². The van der Waals surface area contributed by atoms with Gasteiger partial charge in [0.05, 0.1) is 18.5 Å². The third-order valence-corrected chi connectivity index (χ3v) is 4.71. The molecule has 0 N–H and O–H groups in total. The first kappa shape index (κ1) is 17.6. The maximum Gasteiger partial charge on any atom is 0.279 e. The maximum absolute atomic E-state index is 12.6. The number of nitrogens with zero attached hydrogens (tertiary/aromatic N) is 3. The van der Waals surface area contributed by atoms with Crippen LogP contribution in [0.5, 0.6) is 17.4 Å². The van der Waals surface area contributed by atoms with Crippen molar-refractivity contribution in [2.45, 2.75) is 32.3 Å². The number of benzene rings is 1. The number of hydrogen-bond donors (Lipinski definition) is 0. The molecular weight excluding hydrogens is 346 g/mol. The second-order valence-electron chi connectivity index (χ2n) is 7.02. The molecule has 1 atom stereocenters. The molecule has 0 radical (unpaired) electrons. The topological polar surface area (TPSA) is 67.0 Å². The fourth-order valence-corrected chi connectivity index (χ4v) is 2.99. The highest BCUT2D eigenvalue weighted by atomic mass is 16.5. The number of imidazole rings is 1. The van der Waals surface area contributed by atoms with Gasteiger partial charge in [0.15, 0.2) is 0 Å². The van der Waals surface area contributed by atoms with E-state index in [0.29, 0.717) is 23.8 Å². The number of aromatic nitrogens is 3. The van der Waals surface area contributed by atoms with Crippen molar-refractivity contribution in [3.8, 4) is 17.4 Å². The monoisotopic (exact) mass is 369 g/mol. The summed E-state index contributed by atoms with van der Waals surface area (Å²) in [5.41, 5.74) is 0.392. The van der Waals surface area contributed by atoms with Crippen molar-refractivity contribution in [1.29, 1.82) is 0 Å². The zero-order valence-corrected chi connectivity index (χ0v) is 15.7. The van der Waals surface area contributed by atoms with Crippen molar-refractivity contribution in [2.75, 3.05) is 13.2 Å².